The number of carbonyl (C=O) groups is 2. The van der Waals surface area contributed by atoms with Gasteiger partial charge in [0.05, 0.1) is 30.9 Å². The van der Waals surface area contributed by atoms with Crippen molar-refractivity contribution in [3.63, 3.8) is 0 Å². The number of carbonyl (C=O) groups excluding carboxylic acids is 2. The summed E-state index contributed by atoms with van der Waals surface area (Å²) in [6.07, 6.45) is -1.64. The van der Waals surface area contributed by atoms with Gasteiger partial charge in [0.15, 0.2) is 0 Å². The number of ether oxygens (including phenoxy) is 2. The van der Waals surface area contributed by atoms with Gasteiger partial charge in [-0.25, -0.2) is 4.79 Å². The number of halogens is 3. The number of alkyl halides is 3. The van der Waals surface area contributed by atoms with Crippen LogP contribution in [0, 0.1) is 0 Å². The smallest absolute Gasteiger partial charge is 0.465 e. The molecule has 38 heavy (non-hydrogen) atoms. The van der Waals surface area contributed by atoms with Crippen LogP contribution in [-0.2, 0) is 20.7 Å². The molecule has 2 saturated heterocycles. The molecule has 0 radical (unpaired) electrons. The average molecular weight is 531 g/mol. The lowest BCUT2D eigenvalue weighted by molar-refractivity contribution is -0.188. The number of esters is 1. The second-order valence-electron chi connectivity index (χ2n) is 10.7. The highest BCUT2D eigenvalue weighted by molar-refractivity contribution is 5.89. The van der Waals surface area contributed by atoms with E-state index < -0.39 is 29.8 Å². The molecule has 3 atom stereocenters. The van der Waals surface area contributed by atoms with Crippen LogP contribution >= 0.6 is 0 Å². The molecule has 0 N–H and O–H groups in total. The zero-order valence-electron chi connectivity index (χ0n) is 21.5. The van der Waals surface area contributed by atoms with Crippen molar-refractivity contribution in [2.24, 2.45) is 0 Å². The molecule has 9 heteroatoms. The molecule has 2 heterocycles. The molecular formula is C29H33F3N2O4. The highest BCUT2D eigenvalue weighted by atomic mass is 19.4. The molecule has 0 bridgehead atoms. The van der Waals surface area contributed by atoms with Gasteiger partial charge in [-0.05, 0) is 55.4 Å². The fourth-order valence-electron chi connectivity index (χ4n) is 6.03. The lowest BCUT2D eigenvalue weighted by Gasteiger charge is -2.39. The molecule has 2 aliphatic heterocycles. The first-order valence-electron chi connectivity index (χ1n) is 13.2. The number of amides is 1. The van der Waals surface area contributed by atoms with Crippen LogP contribution in [0.25, 0.3) is 0 Å². The van der Waals surface area contributed by atoms with E-state index in [9.17, 15) is 22.8 Å². The van der Waals surface area contributed by atoms with Crippen LogP contribution in [0.5, 0.6) is 0 Å². The molecule has 0 aromatic heterocycles. The molecular weight excluding hydrogens is 497 g/mol. The predicted octanol–water partition coefficient (Wildman–Crippen LogP) is 4.59. The fourth-order valence-corrected chi connectivity index (χ4v) is 6.03. The maximum absolute atomic E-state index is 13.6. The Labute approximate surface area is 220 Å². The lowest BCUT2D eigenvalue weighted by atomic mass is 9.86. The van der Waals surface area contributed by atoms with Crippen molar-refractivity contribution >= 4 is 11.9 Å². The van der Waals surface area contributed by atoms with E-state index in [1.807, 2.05) is 42.5 Å². The number of rotatable bonds is 7. The fraction of sp³-hybridized carbons (Fsp3) is 0.517. The molecule has 1 aliphatic carbocycles. The summed E-state index contributed by atoms with van der Waals surface area (Å²) >= 11 is 0. The highest BCUT2D eigenvalue weighted by Gasteiger charge is 2.57. The Hall–Kier alpha value is -2.91. The lowest BCUT2D eigenvalue weighted by Crippen LogP contribution is -2.50. The summed E-state index contributed by atoms with van der Waals surface area (Å²) in [6, 6.07) is 15.8. The Morgan fingerprint density at radius 1 is 1.08 bits per heavy atom. The van der Waals surface area contributed by atoms with E-state index in [0.29, 0.717) is 18.4 Å². The summed E-state index contributed by atoms with van der Waals surface area (Å²) in [5.74, 6) is -2.18. The highest BCUT2D eigenvalue weighted by Crippen LogP contribution is 2.49. The van der Waals surface area contributed by atoms with Gasteiger partial charge < -0.3 is 19.3 Å². The Balaban J connectivity index is 1.17. The van der Waals surface area contributed by atoms with Gasteiger partial charge in [-0.15, -0.1) is 0 Å². The number of piperidine rings is 1. The molecule has 5 rings (SSSR count). The van der Waals surface area contributed by atoms with Crippen LogP contribution < -0.4 is 0 Å². The van der Waals surface area contributed by atoms with Crippen molar-refractivity contribution in [3.8, 4) is 0 Å². The third kappa shape index (κ3) is 5.73. The Kier molecular flexibility index (Phi) is 7.51. The third-order valence-electron chi connectivity index (χ3n) is 8.26. The average Bonchev–Trinajstić information content (AvgIpc) is 3.61. The summed E-state index contributed by atoms with van der Waals surface area (Å²) in [7, 11) is 1.36. The minimum absolute atomic E-state index is 0.0671. The number of benzene rings is 2. The van der Waals surface area contributed by atoms with Crippen LogP contribution in [0.2, 0.25) is 0 Å². The van der Waals surface area contributed by atoms with Gasteiger partial charge >= 0.3 is 18.1 Å². The number of nitrogens with zero attached hydrogens (tertiary/aromatic N) is 2. The van der Waals surface area contributed by atoms with Gasteiger partial charge in [-0.3, -0.25) is 4.79 Å². The Morgan fingerprint density at radius 3 is 2.39 bits per heavy atom. The number of likely N-dealkylation sites (tertiary alicyclic amines) is 1. The standard InChI is InChI=1S/C29H33F3N2O4/c1-37-26(35)22-9-7-20(8-10-22)11-14-33-15-12-28(13-16-33)18-23(19-38-28)34(27(36)29(30,31)32)25-17-24(25)21-5-3-2-4-6-21/h2-10,23-25H,11-19H2,1H3/t23?,24-,25+/m0/s1. The van der Waals surface area contributed by atoms with Gasteiger partial charge in [0.2, 0.25) is 0 Å². The van der Waals surface area contributed by atoms with Crippen molar-refractivity contribution in [3.05, 3.63) is 71.3 Å². The van der Waals surface area contributed by atoms with E-state index in [-0.39, 0.29) is 18.5 Å². The Bertz CT molecular complexity index is 1130. The van der Waals surface area contributed by atoms with E-state index in [4.69, 9.17) is 9.47 Å². The maximum Gasteiger partial charge on any atom is 0.471 e. The van der Waals surface area contributed by atoms with Crippen molar-refractivity contribution in [2.45, 2.75) is 61.9 Å². The largest absolute Gasteiger partial charge is 0.471 e. The van der Waals surface area contributed by atoms with Gasteiger partial charge in [0.25, 0.3) is 0 Å². The van der Waals surface area contributed by atoms with Crippen LogP contribution in [-0.4, -0.2) is 78.9 Å². The second-order valence-corrected chi connectivity index (χ2v) is 10.7. The van der Waals surface area contributed by atoms with Crippen molar-refractivity contribution in [1.29, 1.82) is 0 Å². The minimum atomic E-state index is -4.90. The third-order valence-corrected chi connectivity index (χ3v) is 8.26. The van der Waals surface area contributed by atoms with Crippen molar-refractivity contribution in [2.75, 3.05) is 33.4 Å². The molecule has 2 aromatic carbocycles. The number of hydrogen-bond acceptors (Lipinski definition) is 5. The van der Waals surface area contributed by atoms with Crippen LogP contribution in [0.15, 0.2) is 54.6 Å². The van der Waals surface area contributed by atoms with Crippen molar-refractivity contribution < 1.29 is 32.2 Å². The first-order chi connectivity index (χ1) is 18.2. The quantitative estimate of drug-likeness (QED) is 0.491. The summed E-state index contributed by atoms with van der Waals surface area (Å²) < 4.78 is 51.7. The zero-order chi connectivity index (χ0) is 26.9. The van der Waals surface area contributed by atoms with Gasteiger partial charge in [-0.1, -0.05) is 42.5 Å². The minimum Gasteiger partial charge on any atom is -0.465 e. The second kappa shape index (κ2) is 10.7. The summed E-state index contributed by atoms with van der Waals surface area (Å²) in [5, 5.41) is 0. The normalized spacial score (nSPS) is 24.8. The zero-order valence-corrected chi connectivity index (χ0v) is 21.5. The molecule has 1 amide bonds. The topological polar surface area (TPSA) is 59.1 Å². The van der Waals surface area contributed by atoms with E-state index in [0.717, 1.165) is 54.9 Å². The molecule has 2 aromatic rings. The molecule has 204 valence electrons. The monoisotopic (exact) mass is 530 g/mol. The van der Waals surface area contributed by atoms with Crippen LogP contribution in [0.1, 0.15) is 53.1 Å². The molecule has 1 spiro atoms. The molecule has 3 fully saturated rings. The summed E-state index contributed by atoms with van der Waals surface area (Å²) in [5.41, 5.74) is 2.13. The van der Waals surface area contributed by atoms with E-state index >= 15 is 0 Å². The van der Waals surface area contributed by atoms with Gasteiger partial charge in [0, 0.05) is 31.6 Å². The Morgan fingerprint density at radius 2 is 1.76 bits per heavy atom. The molecule has 3 aliphatic rings. The number of methoxy groups -OCH3 is 1. The van der Waals surface area contributed by atoms with E-state index in [1.165, 1.54) is 7.11 Å². The van der Waals surface area contributed by atoms with Crippen LogP contribution in [0.4, 0.5) is 13.2 Å². The van der Waals surface area contributed by atoms with Crippen molar-refractivity contribution in [1.82, 2.24) is 9.80 Å². The molecule has 6 nitrogen and oxygen atoms in total. The van der Waals surface area contributed by atoms with E-state index in [2.05, 4.69) is 4.90 Å². The first kappa shape index (κ1) is 26.7. The van der Waals surface area contributed by atoms with Crippen LogP contribution in [0.3, 0.4) is 0 Å². The maximum atomic E-state index is 13.6. The molecule has 1 unspecified atom stereocenters. The van der Waals surface area contributed by atoms with Gasteiger partial charge in [-0.2, -0.15) is 13.2 Å². The van der Waals surface area contributed by atoms with E-state index in [1.54, 1.807) is 12.1 Å². The SMILES string of the molecule is COC(=O)c1ccc(CCN2CCC3(CC2)CC(N(C(=O)C(F)(F)F)[C@@H]2C[C@H]2c2ccccc2)CO3)cc1. The predicted molar refractivity (Wildman–Crippen MR) is 135 cm³/mol. The van der Waals surface area contributed by atoms with Gasteiger partial charge in [0.1, 0.15) is 0 Å². The molecule has 1 saturated carbocycles. The summed E-state index contributed by atoms with van der Waals surface area (Å²) in [6.45, 7) is 2.56. The first-order valence-corrected chi connectivity index (χ1v) is 13.2. The summed E-state index contributed by atoms with van der Waals surface area (Å²) in [4.78, 5) is 27.6. The number of hydrogen-bond donors (Lipinski definition) is 0.